The third kappa shape index (κ3) is 6.89. The standard InChI is InChI=1S/C21H23N7O2S/c1-30-18-11-9-17(10-12-18)14-23-19(29)15-31-21-27-26-20(28(21)22)25-24-13-5-8-16-6-3-2-4-7-16/h2-13H,14-15,22H2,1H3,(H,23,29)(H,25,26)/b8-5+,24-13+. The molecule has 9 nitrogen and oxygen atoms in total. The van der Waals surface area contributed by atoms with Gasteiger partial charge >= 0.3 is 0 Å². The predicted octanol–water partition coefficient (Wildman–Crippen LogP) is 2.52. The molecular formula is C21H23N7O2S. The van der Waals surface area contributed by atoms with Crippen molar-refractivity contribution < 1.29 is 9.53 Å². The van der Waals surface area contributed by atoms with E-state index in [0.29, 0.717) is 11.7 Å². The van der Waals surface area contributed by atoms with Gasteiger partial charge in [0.2, 0.25) is 11.1 Å². The van der Waals surface area contributed by atoms with Gasteiger partial charge in [-0.15, -0.1) is 10.2 Å². The molecule has 1 amide bonds. The second-order valence-corrected chi connectivity index (χ2v) is 7.19. The number of benzene rings is 2. The Bertz CT molecular complexity index is 1030. The summed E-state index contributed by atoms with van der Waals surface area (Å²) in [5.41, 5.74) is 4.77. The summed E-state index contributed by atoms with van der Waals surface area (Å²) in [7, 11) is 1.61. The number of hydrogen-bond acceptors (Lipinski definition) is 8. The number of ether oxygens (including phenoxy) is 1. The van der Waals surface area contributed by atoms with Gasteiger partial charge in [-0.3, -0.25) is 4.79 Å². The monoisotopic (exact) mass is 437 g/mol. The number of amides is 1. The molecule has 1 heterocycles. The van der Waals surface area contributed by atoms with Gasteiger partial charge < -0.3 is 15.9 Å². The number of rotatable bonds is 10. The van der Waals surface area contributed by atoms with Gasteiger partial charge in [0.15, 0.2) is 0 Å². The van der Waals surface area contributed by atoms with Crippen LogP contribution in [0.15, 0.2) is 70.9 Å². The molecule has 0 bridgehead atoms. The van der Waals surface area contributed by atoms with Crippen molar-refractivity contribution in [2.45, 2.75) is 11.7 Å². The molecule has 0 saturated carbocycles. The van der Waals surface area contributed by atoms with Gasteiger partial charge in [0.25, 0.3) is 5.95 Å². The molecule has 0 spiro atoms. The van der Waals surface area contributed by atoms with Crippen LogP contribution < -0.4 is 21.3 Å². The summed E-state index contributed by atoms with van der Waals surface area (Å²) >= 11 is 1.18. The SMILES string of the molecule is COc1ccc(CNC(=O)CSc2nnc(N/N=C/C=C/c3ccccc3)n2N)cc1. The van der Waals surface area contributed by atoms with E-state index < -0.39 is 0 Å². The molecule has 3 aromatic rings. The van der Waals surface area contributed by atoms with Crippen molar-refractivity contribution in [1.82, 2.24) is 20.2 Å². The van der Waals surface area contributed by atoms with E-state index in [1.807, 2.05) is 60.7 Å². The maximum Gasteiger partial charge on any atom is 0.264 e. The van der Waals surface area contributed by atoms with Crippen LogP contribution in [0.25, 0.3) is 6.08 Å². The van der Waals surface area contributed by atoms with Crippen molar-refractivity contribution in [3.63, 3.8) is 0 Å². The molecule has 3 rings (SSSR count). The lowest BCUT2D eigenvalue weighted by Crippen LogP contribution is -2.25. The number of methoxy groups -OCH3 is 1. The number of nitrogens with zero attached hydrogens (tertiary/aromatic N) is 4. The van der Waals surface area contributed by atoms with Gasteiger partial charge in [-0.05, 0) is 29.3 Å². The number of nitrogens with two attached hydrogens (primary N) is 1. The van der Waals surface area contributed by atoms with Crippen LogP contribution in [-0.4, -0.2) is 39.9 Å². The lowest BCUT2D eigenvalue weighted by Gasteiger charge is -2.06. The maximum atomic E-state index is 12.1. The average molecular weight is 438 g/mol. The number of thioether (sulfide) groups is 1. The Morgan fingerprint density at radius 2 is 1.97 bits per heavy atom. The summed E-state index contributed by atoms with van der Waals surface area (Å²) in [5.74, 6) is 7.03. The topological polar surface area (TPSA) is 119 Å². The van der Waals surface area contributed by atoms with Gasteiger partial charge in [-0.25, -0.2) is 10.1 Å². The van der Waals surface area contributed by atoms with E-state index in [0.717, 1.165) is 16.9 Å². The number of carbonyl (C=O) groups excluding carboxylic acids is 1. The Morgan fingerprint density at radius 1 is 1.19 bits per heavy atom. The molecule has 0 aliphatic carbocycles. The first-order valence-corrected chi connectivity index (χ1v) is 10.4. The zero-order valence-corrected chi connectivity index (χ0v) is 17.7. The van der Waals surface area contributed by atoms with Crippen LogP contribution in [0.4, 0.5) is 5.95 Å². The molecule has 2 aromatic carbocycles. The van der Waals surface area contributed by atoms with E-state index in [-0.39, 0.29) is 17.6 Å². The highest BCUT2D eigenvalue weighted by Gasteiger charge is 2.11. The minimum Gasteiger partial charge on any atom is -0.497 e. The number of allylic oxidation sites excluding steroid dienone is 1. The summed E-state index contributed by atoms with van der Waals surface area (Å²) in [6.45, 7) is 0.427. The number of aromatic nitrogens is 3. The molecule has 0 unspecified atom stereocenters. The Morgan fingerprint density at radius 3 is 2.71 bits per heavy atom. The van der Waals surface area contributed by atoms with Crippen LogP contribution >= 0.6 is 11.8 Å². The van der Waals surface area contributed by atoms with Crippen LogP contribution in [0.2, 0.25) is 0 Å². The summed E-state index contributed by atoms with van der Waals surface area (Å²) in [6.07, 6.45) is 5.30. The Hall–Kier alpha value is -3.79. The summed E-state index contributed by atoms with van der Waals surface area (Å²) < 4.78 is 6.37. The Labute approximate surface area is 184 Å². The number of nitrogen functional groups attached to an aromatic ring is 1. The zero-order chi connectivity index (χ0) is 21.9. The van der Waals surface area contributed by atoms with Crippen molar-refractivity contribution in [2.24, 2.45) is 5.10 Å². The molecule has 0 atom stereocenters. The minimum atomic E-state index is -0.137. The quantitative estimate of drug-likeness (QED) is 0.193. The smallest absolute Gasteiger partial charge is 0.264 e. The molecule has 1 aromatic heterocycles. The number of anilines is 1. The fourth-order valence-electron chi connectivity index (χ4n) is 2.43. The number of nitrogens with one attached hydrogen (secondary N) is 2. The van der Waals surface area contributed by atoms with Crippen molar-refractivity contribution >= 4 is 35.9 Å². The summed E-state index contributed by atoms with van der Waals surface area (Å²) in [4.78, 5) is 12.1. The first-order chi connectivity index (χ1) is 15.2. The first-order valence-electron chi connectivity index (χ1n) is 9.39. The second kappa shape index (κ2) is 11.4. The zero-order valence-electron chi connectivity index (χ0n) is 16.9. The maximum absolute atomic E-state index is 12.1. The molecule has 0 radical (unpaired) electrons. The van der Waals surface area contributed by atoms with Gasteiger partial charge in [0.1, 0.15) is 5.75 Å². The van der Waals surface area contributed by atoms with E-state index in [4.69, 9.17) is 10.6 Å². The number of hydrazone groups is 1. The molecule has 4 N–H and O–H groups in total. The molecule has 0 aliphatic rings. The molecule has 31 heavy (non-hydrogen) atoms. The van der Waals surface area contributed by atoms with Gasteiger partial charge in [0, 0.05) is 12.8 Å². The van der Waals surface area contributed by atoms with Crippen LogP contribution in [0, 0.1) is 0 Å². The molecule has 160 valence electrons. The summed E-state index contributed by atoms with van der Waals surface area (Å²) in [5, 5.41) is 15.2. The highest BCUT2D eigenvalue weighted by atomic mass is 32.2. The van der Waals surface area contributed by atoms with Crippen LogP contribution in [0.3, 0.4) is 0 Å². The third-order valence-corrected chi connectivity index (χ3v) is 5.00. The Kier molecular flexibility index (Phi) is 8.06. The van der Waals surface area contributed by atoms with Gasteiger partial charge in [0.05, 0.1) is 12.9 Å². The van der Waals surface area contributed by atoms with Crippen molar-refractivity contribution in [3.8, 4) is 5.75 Å². The molecular weight excluding hydrogens is 414 g/mol. The van der Waals surface area contributed by atoms with E-state index in [9.17, 15) is 4.79 Å². The van der Waals surface area contributed by atoms with Crippen LogP contribution in [-0.2, 0) is 11.3 Å². The fraction of sp³-hybridized carbons (Fsp3) is 0.143. The van der Waals surface area contributed by atoms with E-state index in [2.05, 4.69) is 26.0 Å². The second-order valence-electron chi connectivity index (χ2n) is 6.25. The highest BCUT2D eigenvalue weighted by Crippen LogP contribution is 2.16. The number of hydrogen-bond donors (Lipinski definition) is 3. The lowest BCUT2D eigenvalue weighted by atomic mass is 10.2. The third-order valence-electron chi connectivity index (χ3n) is 4.06. The van der Waals surface area contributed by atoms with E-state index >= 15 is 0 Å². The average Bonchev–Trinajstić information content (AvgIpc) is 3.16. The van der Waals surface area contributed by atoms with E-state index in [1.165, 1.54) is 16.4 Å². The molecule has 0 fully saturated rings. The fourth-order valence-corrected chi connectivity index (χ4v) is 3.12. The van der Waals surface area contributed by atoms with Crippen LogP contribution in [0.1, 0.15) is 11.1 Å². The molecule has 0 saturated heterocycles. The van der Waals surface area contributed by atoms with Crippen molar-refractivity contribution in [2.75, 3.05) is 24.1 Å². The first kappa shape index (κ1) is 21.9. The molecule has 0 aliphatic heterocycles. The van der Waals surface area contributed by atoms with Crippen molar-refractivity contribution in [1.29, 1.82) is 0 Å². The summed E-state index contributed by atoms with van der Waals surface area (Å²) in [6, 6.07) is 17.4. The Balaban J connectivity index is 1.42. The predicted molar refractivity (Wildman–Crippen MR) is 123 cm³/mol. The number of carbonyl (C=O) groups is 1. The highest BCUT2D eigenvalue weighted by molar-refractivity contribution is 7.99. The lowest BCUT2D eigenvalue weighted by molar-refractivity contribution is -0.118. The minimum absolute atomic E-state index is 0.137. The van der Waals surface area contributed by atoms with Crippen LogP contribution in [0.5, 0.6) is 5.75 Å². The van der Waals surface area contributed by atoms with Crippen molar-refractivity contribution in [3.05, 3.63) is 71.8 Å². The molecule has 10 heteroatoms. The normalized spacial score (nSPS) is 11.1. The van der Waals surface area contributed by atoms with Gasteiger partial charge in [-0.2, -0.15) is 5.10 Å². The van der Waals surface area contributed by atoms with Gasteiger partial charge in [-0.1, -0.05) is 60.3 Å². The largest absolute Gasteiger partial charge is 0.497 e. The van der Waals surface area contributed by atoms with E-state index in [1.54, 1.807) is 19.4 Å².